The van der Waals surface area contributed by atoms with Gasteiger partial charge in [0.2, 0.25) is 0 Å². The second kappa shape index (κ2) is 8.80. The quantitative estimate of drug-likeness (QED) is 0.334. The van der Waals surface area contributed by atoms with E-state index in [1.807, 2.05) is 0 Å². The Bertz CT molecular complexity index is 960. The number of hydrogen-bond acceptors (Lipinski definition) is 5. The maximum atomic E-state index is 13.7. The van der Waals surface area contributed by atoms with E-state index in [9.17, 15) is 15.0 Å². The molecule has 5 aliphatic rings. The third-order valence-electron chi connectivity index (χ3n) is 13.5. The maximum Gasteiger partial charge on any atom is 0.312 e. The molecule has 4 N–H and O–H groups in total. The molecule has 0 bridgehead atoms. The second-order valence-electron chi connectivity index (χ2n) is 15.5. The van der Waals surface area contributed by atoms with Gasteiger partial charge in [0.05, 0.1) is 18.1 Å². The molecule has 0 aromatic carbocycles. The van der Waals surface area contributed by atoms with Crippen LogP contribution in [0.2, 0.25) is 0 Å². The third-order valence-corrected chi connectivity index (χ3v) is 13.5. The SMILES string of the molecule is CC1(C)CC[C@]2(C(=O)OCCN)CC[C@]3(C)C(=CCC4[C@@]5(C)CC[C@H](O)[C@@](C)(CO)C5CC[C@]43C)C2C1. The van der Waals surface area contributed by atoms with E-state index in [2.05, 4.69) is 47.6 Å². The van der Waals surface area contributed by atoms with Gasteiger partial charge in [0.15, 0.2) is 0 Å². The van der Waals surface area contributed by atoms with Crippen molar-refractivity contribution < 1.29 is 19.7 Å². The number of carbonyl (C=O) groups excluding carboxylic acids is 1. The molecule has 0 amide bonds. The smallest absolute Gasteiger partial charge is 0.312 e. The Balaban J connectivity index is 1.57. The predicted molar refractivity (Wildman–Crippen MR) is 146 cm³/mol. The highest BCUT2D eigenvalue weighted by Gasteiger charge is 2.69. The average Bonchev–Trinajstić information content (AvgIpc) is 2.85. The first-order valence-corrected chi connectivity index (χ1v) is 15.1. The fraction of sp³-hybridized carbons (Fsp3) is 0.906. The summed E-state index contributed by atoms with van der Waals surface area (Å²) in [4.78, 5) is 13.7. The number of aliphatic hydroxyl groups excluding tert-OH is 2. The minimum atomic E-state index is -0.429. The molecule has 4 saturated carbocycles. The second-order valence-corrected chi connectivity index (χ2v) is 15.5. The zero-order valence-electron chi connectivity index (χ0n) is 24.4. The number of rotatable bonds is 4. The van der Waals surface area contributed by atoms with E-state index >= 15 is 0 Å². The van der Waals surface area contributed by atoms with Crippen LogP contribution in [-0.2, 0) is 9.53 Å². The summed E-state index contributed by atoms with van der Waals surface area (Å²) in [5, 5.41) is 21.4. The van der Waals surface area contributed by atoms with E-state index in [-0.39, 0.29) is 40.2 Å². The van der Waals surface area contributed by atoms with Gasteiger partial charge in [-0.2, -0.15) is 0 Å². The number of nitrogens with two attached hydrogens (primary N) is 1. The highest BCUT2D eigenvalue weighted by molar-refractivity contribution is 5.78. The minimum absolute atomic E-state index is 0.00988. The summed E-state index contributed by atoms with van der Waals surface area (Å²) in [5.41, 5.74) is 6.90. The number of allylic oxidation sites excluding steroid dienone is 2. The Kier molecular flexibility index (Phi) is 6.57. The van der Waals surface area contributed by atoms with E-state index in [0.29, 0.717) is 25.0 Å². The van der Waals surface area contributed by atoms with Crippen molar-refractivity contribution in [2.75, 3.05) is 19.8 Å². The topological polar surface area (TPSA) is 92.8 Å². The van der Waals surface area contributed by atoms with Crippen LogP contribution in [0.3, 0.4) is 0 Å². The number of hydrogen-bond donors (Lipinski definition) is 3. The van der Waals surface area contributed by atoms with Crippen LogP contribution in [0.25, 0.3) is 0 Å². The summed E-state index contributed by atoms with van der Waals surface area (Å²) in [6.45, 7) is 15.2. The van der Waals surface area contributed by atoms with Crippen molar-refractivity contribution in [1.82, 2.24) is 0 Å². The third kappa shape index (κ3) is 3.62. The van der Waals surface area contributed by atoms with E-state index in [0.717, 1.165) is 64.2 Å². The molecule has 5 aliphatic carbocycles. The fourth-order valence-electron chi connectivity index (χ4n) is 10.9. The Morgan fingerprint density at radius 2 is 1.70 bits per heavy atom. The summed E-state index contributed by atoms with van der Waals surface area (Å²) < 4.78 is 5.80. The Morgan fingerprint density at radius 1 is 1.00 bits per heavy atom. The summed E-state index contributed by atoms with van der Waals surface area (Å²) in [7, 11) is 0. The van der Waals surface area contributed by atoms with Crippen LogP contribution in [0.4, 0.5) is 0 Å². The lowest BCUT2D eigenvalue weighted by Crippen LogP contribution is -2.66. The molecular weight excluding hydrogens is 462 g/mol. The largest absolute Gasteiger partial charge is 0.464 e. The first kappa shape index (κ1) is 27.6. The first-order valence-electron chi connectivity index (χ1n) is 15.1. The molecule has 37 heavy (non-hydrogen) atoms. The van der Waals surface area contributed by atoms with Gasteiger partial charge < -0.3 is 20.7 Å². The molecule has 5 nitrogen and oxygen atoms in total. The van der Waals surface area contributed by atoms with E-state index in [4.69, 9.17) is 10.5 Å². The molecule has 9 atom stereocenters. The van der Waals surface area contributed by atoms with Gasteiger partial charge in [-0.25, -0.2) is 0 Å². The van der Waals surface area contributed by atoms with Crippen LogP contribution in [0.15, 0.2) is 11.6 Å². The van der Waals surface area contributed by atoms with Crippen LogP contribution in [0.5, 0.6) is 0 Å². The van der Waals surface area contributed by atoms with Gasteiger partial charge in [-0.05, 0) is 104 Å². The van der Waals surface area contributed by atoms with Gasteiger partial charge in [0, 0.05) is 12.0 Å². The number of carbonyl (C=O) groups is 1. The average molecular weight is 516 g/mol. The zero-order valence-corrected chi connectivity index (χ0v) is 24.4. The normalized spacial score (nSPS) is 50.6. The van der Waals surface area contributed by atoms with Crippen LogP contribution >= 0.6 is 0 Å². The fourth-order valence-corrected chi connectivity index (χ4v) is 10.9. The summed E-state index contributed by atoms with van der Waals surface area (Å²) in [5.74, 6) is 1.07. The van der Waals surface area contributed by atoms with Gasteiger partial charge in [0.25, 0.3) is 0 Å². The molecule has 0 aromatic rings. The predicted octanol–water partition coefficient (Wildman–Crippen LogP) is 5.62. The van der Waals surface area contributed by atoms with E-state index in [1.54, 1.807) is 0 Å². The Labute approximate surface area is 225 Å². The molecule has 0 radical (unpaired) electrons. The molecule has 5 rings (SSSR count). The molecule has 5 heteroatoms. The number of fused-ring (bicyclic) bond motifs is 7. The minimum Gasteiger partial charge on any atom is -0.464 e. The molecular formula is C32H53NO4. The molecule has 210 valence electrons. The van der Waals surface area contributed by atoms with Gasteiger partial charge in [-0.3, -0.25) is 4.79 Å². The highest BCUT2D eigenvalue weighted by Crippen LogP contribution is 2.75. The van der Waals surface area contributed by atoms with Gasteiger partial charge >= 0.3 is 5.97 Å². The van der Waals surface area contributed by atoms with Crippen molar-refractivity contribution in [3.63, 3.8) is 0 Å². The molecule has 0 heterocycles. The van der Waals surface area contributed by atoms with Gasteiger partial charge in [0.1, 0.15) is 6.61 Å². The standard InChI is InChI=1S/C32H53NO4/c1-27(2)13-15-32(26(36)37-18-17-33)16-14-30(5)21(22(32)19-27)7-8-24-28(3)11-10-25(35)29(4,20-34)23(28)9-12-31(24,30)6/h7,22-25,34-35H,8-20,33H2,1-6H3/t22?,23?,24?,25-,28-,29-,30+,31+,32-/m0/s1. The Hall–Kier alpha value is -0.910. The van der Waals surface area contributed by atoms with Crippen LogP contribution in [-0.4, -0.2) is 42.0 Å². The van der Waals surface area contributed by atoms with Crippen molar-refractivity contribution >= 4 is 5.97 Å². The Morgan fingerprint density at radius 3 is 2.38 bits per heavy atom. The molecule has 0 spiro atoms. The highest BCUT2D eigenvalue weighted by atomic mass is 16.5. The van der Waals surface area contributed by atoms with Crippen molar-refractivity contribution in [1.29, 1.82) is 0 Å². The zero-order chi connectivity index (χ0) is 27.1. The van der Waals surface area contributed by atoms with E-state index < -0.39 is 16.9 Å². The van der Waals surface area contributed by atoms with Gasteiger partial charge in [-0.1, -0.05) is 53.2 Å². The van der Waals surface area contributed by atoms with Gasteiger partial charge in [-0.15, -0.1) is 0 Å². The van der Waals surface area contributed by atoms with Crippen LogP contribution < -0.4 is 5.73 Å². The summed E-state index contributed by atoms with van der Waals surface area (Å²) in [6.07, 6.45) is 12.1. The lowest BCUT2D eigenvalue weighted by Gasteiger charge is -2.71. The van der Waals surface area contributed by atoms with Crippen molar-refractivity contribution in [3.05, 3.63) is 11.6 Å². The molecule has 0 aromatic heterocycles. The van der Waals surface area contributed by atoms with Crippen molar-refractivity contribution in [2.45, 2.75) is 112 Å². The number of ether oxygens (including phenoxy) is 1. The van der Waals surface area contributed by atoms with Crippen LogP contribution in [0.1, 0.15) is 106 Å². The molecule has 4 fully saturated rings. The lowest BCUT2D eigenvalue weighted by molar-refractivity contribution is -0.217. The lowest BCUT2D eigenvalue weighted by atomic mass is 9.33. The number of aliphatic hydroxyl groups is 2. The van der Waals surface area contributed by atoms with E-state index in [1.165, 1.54) is 5.57 Å². The molecule has 3 unspecified atom stereocenters. The monoisotopic (exact) mass is 515 g/mol. The summed E-state index contributed by atoms with van der Waals surface area (Å²) in [6, 6.07) is 0. The first-order chi connectivity index (χ1) is 17.2. The number of esters is 1. The van der Waals surface area contributed by atoms with Crippen LogP contribution in [0, 0.1) is 50.2 Å². The maximum absolute atomic E-state index is 13.7. The summed E-state index contributed by atoms with van der Waals surface area (Å²) >= 11 is 0. The molecule has 0 saturated heterocycles. The van der Waals surface area contributed by atoms with Crippen molar-refractivity contribution in [2.24, 2.45) is 56.0 Å². The van der Waals surface area contributed by atoms with Crippen molar-refractivity contribution in [3.8, 4) is 0 Å². The molecule has 0 aliphatic heterocycles.